The Bertz CT molecular complexity index is 1440. The minimum Gasteiger partial charge on any atom is -0.454 e. The summed E-state index contributed by atoms with van der Waals surface area (Å²) in [6.45, 7) is 1.57. The van der Waals surface area contributed by atoms with Crippen LogP contribution in [0.5, 0.6) is 23.0 Å². The smallest absolute Gasteiger partial charge is 0.319 e. The summed E-state index contributed by atoms with van der Waals surface area (Å²) in [7, 11) is 0. The predicted molar refractivity (Wildman–Crippen MR) is 150 cm³/mol. The minimum absolute atomic E-state index is 0.221. The molecule has 2 aliphatic rings. The molecule has 204 valence electrons. The number of benzene rings is 4. The lowest BCUT2D eigenvalue weighted by atomic mass is 10.2. The molecule has 0 spiro atoms. The van der Waals surface area contributed by atoms with Crippen LogP contribution in [0.4, 0.5) is 16.2 Å². The van der Waals surface area contributed by atoms with Crippen LogP contribution in [0.3, 0.4) is 0 Å². The number of aliphatic imine (C=N–C) groups is 1. The van der Waals surface area contributed by atoms with E-state index in [-0.39, 0.29) is 19.6 Å². The number of urea groups is 1. The summed E-state index contributed by atoms with van der Waals surface area (Å²) >= 11 is 0. The molecule has 6 rings (SSSR count). The zero-order valence-corrected chi connectivity index (χ0v) is 21.5. The number of hydrogen-bond donors (Lipinski definition) is 3. The fraction of sp³-hybridized carbons (Fsp3) is 0.133. The van der Waals surface area contributed by atoms with E-state index >= 15 is 0 Å². The quantitative estimate of drug-likeness (QED) is 0.232. The van der Waals surface area contributed by atoms with Gasteiger partial charge in [-0.1, -0.05) is 60.7 Å². The Hall–Kier alpha value is -5.31. The monoisotopic (exact) mass is 540 g/mol. The summed E-state index contributed by atoms with van der Waals surface area (Å²) in [4.78, 5) is 25.1. The molecule has 0 aromatic heterocycles. The van der Waals surface area contributed by atoms with E-state index in [1.54, 1.807) is 36.4 Å². The highest BCUT2D eigenvalue weighted by atomic mass is 16.7. The molecule has 2 amide bonds. The predicted octanol–water partition coefficient (Wildman–Crippen LogP) is 5.26. The van der Waals surface area contributed by atoms with Gasteiger partial charge in [0.1, 0.15) is 0 Å². The Kier molecular flexibility index (Phi) is 10.1. The van der Waals surface area contributed by atoms with Gasteiger partial charge in [0.2, 0.25) is 19.7 Å². The SMILES string of the molecule is NCc1ccccc1.O=C(NCc1ccccc1)Nc1ccc2c(c1)OCO2.O=C=Nc1ccc2c(c1)OCO2. The molecule has 0 fully saturated rings. The van der Waals surface area contributed by atoms with Crippen LogP contribution in [-0.2, 0) is 17.9 Å². The lowest BCUT2D eigenvalue weighted by molar-refractivity contribution is 0.173. The van der Waals surface area contributed by atoms with Gasteiger partial charge in [0.25, 0.3) is 0 Å². The zero-order chi connectivity index (χ0) is 28.0. The van der Waals surface area contributed by atoms with Crippen molar-refractivity contribution < 1.29 is 28.5 Å². The van der Waals surface area contributed by atoms with Crippen LogP contribution >= 0.6 is 0 Å². The fourth-order valence-electron chi connectivity index (χ4n) is 3.55. The van der Waals surface area contributed by atoms with E-state index in [4.69, 9.17) is 24.7 Å². The van der Waals surface area contributed by atoms with Crippen molar-refractivity contribution in [3.8, 4) is 23.0 Å². The van der Waals surface area contributed by atoms with E-state index in [9.17, 15) is 9.59 Å². The lowest BCUT2D eigenvalue weighted by Crippen LogP contribution is -2.28. The van der Waals surface area contributed by atoms with E-state index in [1.807, 2.05) is 60.7 Å². The first kappa shape index (κ1) is 27.7. The Morgan fingerprint density at radius 1 is 0.750 bits per heavy atom. The normalized spacial score (nSPS) is 11.5. The number of fused-ring (bicyclic) bond motifs is 2. The minimum atomic E-state index is -0.257. The van der Waals surface area contributed by atoms with Crippen LogP contribution in [0.2, 0.25) is 0 Å². The number of nitrogens with two attached hydrogens (primary N) is 1. The standard InChI is InChI=1S/C15H14N2O3.C8H5NO3.C7H9N/c18-15(16-9-11-4-2-1-3-5-11)17-12-6-7-13-14(8-12)20-10-19-13;10-4-9-6-1-2-7-8(3-6)12-5-11-7;8-6-7-4-2-1-3-5-7/h1-8H,9-10H2,(H2,16,17,18);1-3H,5H2;1-5H,6,8H2. The third-order valence-corrected chi connectivity index (χ3v) is 5.54. The van der Waals surface area contributed by atoms with E-state index in [2.05, 4.69) is 15.6 Å². The number of carbonyl (C=O) groups is 1. The maximum atomic E-state index is 11.8. The van der Waals surface area contributed by atoms with Crippen LogP contribution in [0.1, 0.15) is 11.1 Å². The van der Waals surface area contributed by atoms with Gasteiger partial charge < -0.3 is 35.3 Å². The van der Waals surface area contributed by atoms with Crippen LogP contribution in [0.15, 0.2) is 102 Å². The zero-order valence-electron chi connectivity index (χ0n) is 21.5. The van der Waals surface area contributed by atoms with Crippen LogP contribution < -0.4 is 35.3 Å². The first-order valence-electron chi connectivity index (χ1n) is 12.3. The van der Waals surface area contributed by atoms with E-state index < -0.39 is 0 Å². The number of ether oxygens (including phenoxy) is 4. The highest BCUT2D eigenvalue weighted by Gasteiger charge is 2.14. The second-order valence-electron chi connectivity index (χ2n) is 8.29. The van der Waals surface area contributed by atoms with E-state index in [0.717, 1.165) is 5.56 Å². The fourth-order valence-corrected chi connectivity index (χ4v) is 3.55. The molecule has 0 radical (unpaired) electrons. The molecule has 4 N–H and O–H groups in total. The Morgan fingerprint density at radius 3 is 1.93 bits per heavy atom. The highest BCUT2D eigenvalue weighted by molar-refractivity contribution is 5.89. The largest absolute Gasteiger partial charge is 0.454 e. The van der Waals surface area contributed by atoms with E-state index in [0.29, 0.717) is 47.5 Å². The van der Waals surface area contributed by atoms with Gasteiger partial charge in [-0.2, -0.15) is 4.99 Å². The summed E-state index contributed by atoms with van der Waals surface area (Å²) < 4.78 is 20.6. The van der Waals surface area contributed by atoms with Gasteiger partial charge in [0, 0.05) is 30.9 Å². The topological polar surface area (TPSA) is 134 Å². The number of isocyanates is 1. The number of anilines is 1. The first-order valence-corrected chi connectivity index (χ1v) is 12.3. The summed E-state index contributed by atoms with van der Waals surface area (Å²) in [5.41, 5.74) is 8.78. The average Bonchev–Trinajstić information content (AvgIpc) is 3.67. The van der Waals surface area contributed by atoms with Crippen molar-refractivity contribution in [2.24, 2.45) is 10.7 Å². The van der Waals surface area contributed by atoms with Gasteiger partial charge in [-0.3, -0.25) is 0 Å². The highest BCUT2D eigenvalue weighted by Crippen LogP contribution is 2.35. The molecule has 0 unspecified atom stereocenters. The Balaban J connectivity index is 0.000000156. The molecule has 2 heterocycles. The molecule has 0 bridgehead atoms. The van der Waals surface area contributed by atoms with Gasteiger partial charge in [0.15, 0.2) is 23.0 Å². The van der Waals surface area contributed by atoms with Gasteiger partial charge in [-0.05, 0) is 35.4 Å². The molecule has 40 heavy (non-hydrogen) atoms. The maximum absolute atomic E-state index is 11.8. The first-order chi connectivity index (χ1) is 19.6. The van der Waals surface area contributed by atoms with Crippen molar-refractivity contribution in [2.45, 2.75) is 13.1 Å². The molecule has 0 atom stereocenters. The molecule has 2 aliphatic heterocycles. The molecule has 0 saturated heterocycles. The third-order valence-electron chi connectivity index (χ3n) is 5.54. The number of nitrogens with one attached hydrogen (secondary N) is 2. The molecular formula is C30H28N4O6. The van der Waals surface area contributed by atoms with Gasteiger partial charge >= 0.3 is 6.03 Å². The number of hydrogen-bond acceptors (Lipinski definition) is 8. The van der Waals surface area contributed by atoms with Crippen molar-refractivity contribution in [2.75, 3.05) is 18.9 Å². The van der Waals surface area contributed by atoms with Gasteiger partial charge in [-0.25, -0.2) is 9.59 Å². The maximum Gasteiger partial charge on any atom is 0.319 e. The van der Waals surface area contributed by atoms with Crippen molar-refractivity contribution >= 4 is 23.5 Å². The summed E-state index contributed by atoms with van der Waals surface area (Å²) in [5, 5.41) is 5.55. The number of carbonyl (C=O) groups excluding carboxylic acids is 2. The van der Waals surface area contributed by atoms with Crippen molar-refractivity contribution in [3.05, 3.63) is 108 Å². The molecule has 10 nitrogen and oxygen atoms in total. The number of rotatable bonds is 5. The summed E-state index contributed by atoms with van der Waals surface area (Å²) in [6.07, 6.45) is 1.45. The lowest BCUT2D eigenvalue weighted by Gasteiger charge is -2.08. The number of amides is 2. The van der Waals surface area contributed by atoms with E-state index in [1.165, 1.54) is 11.6 Å². The molecule has 0 aliphatic carbocycles. The molecular weight excluding hydrogens is 512 g/mol. The third kappa shape index (κ3) is 8.35. The van der Waals surface area contributed by atoms with Crippen molar-refractivity contribution in [3.63, 3.8) is 0 Å². The Labute approximate surface area is 231 Å². The van der Waals surface area contributed by atoms with Gasteiger partial charge in [-0.15, -0.1) is 0 Å². The molecule has 4 aromatic rings. The van der Waals surface area contributed by atoms with Crippen LogP contribution in [-0.4, -0.2) is 25.7 Å². The molecule has 0 saturated carbocycles. The second-order valence-corrected chi connectivity index (χ2v) is 8.29. The van der Waals surface area contributed by atoms with Crippen molar-refractivity contribution in [1.82, 2.24) is 5.32 Å². The molecule has 4 aromatic carbocycles. The molecule has 10 heteroatoms. The van der Waals surface area contributed by atoms with Crippen LogP contribution in [0.25, 0.3) is 0 Å². The average molecular weight is 541 g/mol. The Morgan fingerprint density at radius 2 is 1.32 bits per heavy atom. The summed E-state index contributed by atoms with van der Waals surface area (Å²) in [5.74, 6) is 2.64. The van der Waals surface area contributed by atoms with Gasteiger partial charge in [0.05, 0.1) is 5.69 Å². The second kappa shape index (κ2) is 14.6. The number of nitrogens with zero attached hydrogens (tertiary/aromatic N) is 1. The van der Waals surface area contributed by atoms with Crippen molar-refractivity contribution in [1.29, 1.82) is 0 Å². The van der Waals surface area contributed by atoms with Crippen LogP contribution in [0, 0.1) is 0 Å². The summed E-state index contributed by atoms with van der Waals surface area (Å²) in [6, 6.07) is 29.8.